The van der Waals surface area contributed by atoms with Gasteiger partial charge >= 0.3 is 0 Å². The Morgan fingerprint density at radius 1 is 0.900 bits per heavy atom. The van der Waals surface area contributed by atoms with Crippen LogP contribution in [0.5, 0.6) is 0 Å². The van der Waals surface area contributed by atoms with Gasteiger partial charge in [0, 0.05) is 11.8 Å². The Morgan fingerprint density at radius 3 is 2.30 bits per heavy atom. The van der Waals surface area contributed by atoms with Crippen molar-refractivity contribution in [2.45, 2.75) is 20.4 Å². The Hall–Kier alpha value is -3.86. The van der Waals surface area contributed by atoms with Crippen LogP contribution in [0, 0.1) is 13.8 Å². The number of carbonyl (C=O) groups is 1. The average Bonchev–Trinajstić information content (AvgIpc) is 3.19. The molecule has 4 aromatic rings. The summed E-state index contributed by atoms with van der Waals surface area (Å²) in [4.78, 5) is 13.0. The van der Waals surface area contributed by atoms with Crippen molar-refractivity contribution in [3.63, 3.8) is 0 Å². The quantitative estimate of drug-likeness (QED) is 0.452. The number of amides is 1. The molecule has 0 fully saturated rings. The van der Waals surface area contributed by atoms with Crippen LogP contribution in [0.3, 0.4) is 0 Å². The van der Waals surface area contributed by atoms with E-state index in [1.165, 1.54) is 11.1 Å². The fraction of sp³-hybridized carbons (Fsp3) is 0.120. The van der Waals surface area contributed by atoms with Gasteiger partial charge in [-0.05, 0) is 48.7 Å². The van der Waals surface area contributed by atoms with E-state index in [9.17, 15) is 4.79 Å². The standard InChI is InChI=1S/C25H24N4O/c1-18-13-14-21(15-19(18)2)24-23(25(30)27-26-22-11-7-4-8-12-22)17-29(28-24)16-20-9-5-3-6-10-20/h3-15,17,26H,16H2,1-2H3,(H,27,30). The number of nitrogens with zero attached hydrogens (tertiary/aromatic N) is 2. The fourth-order valence-corrected chi connectivity index (χ4v) is 3.26. The zero-order valence-electron chi connectivity index (χ0n) is 17.1. The van der Waals surface area contributed by atoms with E-state index >= 15 is 0 Å². The molecular formula is C25H24N4O. The lowest BCUT2D eigenvalue weighted by Crippen LogP contribution is -2.29. The van der Waals surface area contributed by atoms with Gasteiger partial charge in [0.2, 0.25) is 0 Å². The van der Waals surface area contributed by atoms with Gasteiger partial charge in [0.1, 0.15) is 5.69 Å². The van der Waals surface area contributed by atoms with E-state index < -0.39 is 0 Å². The van der Waals surface area contributed by atoms with Crippen LogP contribution in [0.15, 0.2) is 85.1 Å². The van der Waals surface area contributed by atoms with Gasteiger partial charge in [-0.25, -0.2) is 0 Å². The number of aromatic nitrogens is 2. The molecule has 150 valence electrons. The topological polar surface area (TPSA) is 59.0 Å². The summed E-state index contributed by atoms with van der Waals surface area (Å²) in [5, 5.41) is 4.75. The van der Waals surface area contributed by atoms with E-state index in [1.807, 2.05) is 71.4 Å². The minimum absolute atomic E-state index is 0.230. The second-order valence-corrected chi connectivity index (χ2v) is 7.32. The lowest BCUT2D eigenvalue weighted by atomic mass is 10.0. The Labute approximate surface area is 176 Å². The molecule has 0 aliphatic carbocycles. The molecule has 0 saturated heterocycles. The summed E-state index contributed by atoms with van der Waals surface area (Å²) in [5.41, 5.74) is 12.2. The highest BCUT2D eigenvalue weighted by Crippen LogP contribution is 2.25. The highest BCUT2D eigenvalue weighted by Gasteiger charge is 2.18. The van der Waals surface area contributed by atoms with Gasteiger partial charge in [-0.2, -0.15) is 5.10 Å². The number of para-hydroxylation sites is 1. The van der Waals surface area contributed by atoms with Gasteiger partial charge in [0.25, 0.3) is 5.91 Å². The molecular weight excluding hydrogens is 372 g/mol. The van der Waals surface area contributed by atoms with E-state index in [-0.39, 0.29) is 5.91 Å². The first kappa shape index (κ1) is 19.5. The van der Waals surface area contributed by atoms with Crippen LogP contribution in [0.25, 0.3) is 11.3 Å². The largest absolute Gasteiger partial charge is 0.298 e. The number of aryl methyl sites for hydroxylation is 2. The molecule has 0 spiro atoms. The van der Waals surface area contributed by atoms with E-state index in [4.69, 9.17) is 5.10 Å². The number of carbonyl (C=O) groups excluding carboxylic acids is 1. The normalized spacial score (nSPS) is 10.6. The zero-order valence-corrected chi connectivity index (χ0v) is 17.1. The first-order valence-electron chi connectivity index (χ1n) is 9.90. The van der Waals surface area contributed by atoms with E-state index in [0.717, 1.165) is 16.8 Å². The maximum absolute atomic E-state index is 13.0. The summed E-state index contributed by atoms with van der Waals surface area (Å²) in [5.74, 6) is -0.230. The summed E-state index contributed by atoms with van der Waals surface area (Å²) >= 11 is 0. The van der Waals surface area contributed by atoms with E-state index in [2.05, 4.69) is 36.8 Å². The molecule has 0 aliphatic heterocycles. The number of anilines is 1. The Bertz CT molecular complexity index is 1150. The van der Waals surface area contributed by atoms with Gasteiger partial charge in [-0.15, -0.1) is 0 Å². The van der Waals surface area contributed by atoms with Crippen LogP contribution in [-0.4, -0.2) is 15.7 Å². The molecule has 1 heterocycles. The van der Waals surface area contributed by atoms with Crippen molar-refractivity contribution in [3.05, 3.63) is 107 Å². The number of hydrogen-bond acceptors (Lipinski definition) is 3. The minimum Gasteiger partial charge on any atom is -0.298 e. The number of hydrazine groups is 1. The Morgan fingerprint density at radius 2 is 1.60 bits per heavy atom. The maximum atomic E-state index is 13.0. The predicted molar refractivity (Wildman–Crippen MR) is 120 cm³/mol. The van der Waals surface area contributed by atoms with Gasteiger partial charge in [-0.3, -0.25) is 20.3 Å². The van der Waals surface area contributed by atoms with Crippen molar-refractivity contribution in [1.82, 2.24) is 15.2 Å². The number of benzene rings is 3. The van der Waals surface area contributed by atoms with Gasteiger partial charge in [-0.1, -0.05) is 60.7 Å². The van der Waals surface area contributed by atoms with Crippen LogP contribution in [0.4, 0.5) is 5.69 Å². The summed E-state index contributed by atoms with van der Waals surface area (Å²) in [7, 11) is 0. The summed E-state index contributed by atoms with van der Waals surface area (Å²) in [6, 6.07) is 25.8. The van der Waals surface area contributed by atoms with Crippen molar-refractivity contribution < 1.29 is 4.79 Å². The third-order valence-corrected chi connectivity index (χ3v) is 5.07. The molecule has 30 heavy (non-hydrogen) atoms. The zero-order chi connectivity index (χ0) is 20.9. The van der Waals surface area contributed by atoms with Crippen molar-refractivity contribution in [3.8, 4) is 11.3 Å². The van der Waals surface area contributed by atoms with Crippen molar-refractivity contribution in [2.24, 2.45) is 0 Å². The SMILES string of the molecule is Cc1ccc(-c2nn(Cc3ccccc3)cc2C(=O)NNc2ccccc2)cc1C. The highest BCUT2D eigenvalue weighted by atomic mass is 16.2. The molecule has 1 amide bonds. The Balaban J connectivity index is 1.65. The third kappa shape index (κ3) is 4.41. The number of rotatable bonds is 6. The summed E-state index contributed by atoms with van der Waals surface area (Å²) in [6.07, 6.45) is 1.81. The van der Waals surface area contributed by atoms with Crippen molar-refractivity contribution in [2.75, 3.05) is 5.43 Å². The molecule has 1 aromatic heterocycles. The molecule has 5 nitrogen and oxygen atoms in total. The molecule has 0 unspecified atom stereocenters. The summed E-state index contributed by atoms with van der Waals surface area (Å²) < 4.78 is 1.82. The molecule has 4 rings (SSSR count). The van der Waals surface area contributed by atoms with Crippen LogP contribution in [0.2, 0.25) is 0 Å². The van der Waals surface area contributed by atoms with Gasteiger partial charge in [0.05, 0.1) is 17.8 Å². The maximum Gasteiger partial charge on any atom is 0.273 e. The predicted octanol–water partition coefficient (Wildman–Crippen LogP) is 4.97. The molecule has 3 aromatic carbocycles. The van der Waals surface area contributed by atoms with Crippen LogP contribution in [-0.2, 0) is 6.54 Å². The van der Waals surface area contributed by atoms with E-state index in [0.29, 0.717) is 17.8 Å². The fourth-order valence-electron chi connectivity index (χ4n) is 3.26. The van der Waals surface area contributed by atoms with Crippen molar-refractivity contribution in [1.29, 1.82) is 0 Å². The highest BCUT2D eigenvalue weighted by molar-refractivity contribution is 6.00. The van der Waals surface area contributed by atoms with E-state index in [1.54, 1.807) is 6.20 Å². The second-order valence-electron chi connectivity index (χ2n) is 7.32. The molecule has 0 aliphatic rings. The number of nitrogens with one attached hydrogen (secondary N) is 2. The first-order valence-corrected chi connectivity index (χ1v) is 9.90. The lowest BCUT2D eigenvalue weighted by Gasteiger charge is -2.09. The summed E-state index contributed by atoms with van der Waals surface area (Å²) in [6.45, 7) is 4.74. The molecule has 5 heteroatoms. The van der Waals surface area contributed by atoms with Gasteiger partial charge < -0.3 is 0 Å². The van der Waals surface area contributed by atoms with Crippen LogP contribution >= 0.6 is 0 Å². The van der Waals surface area contributed by atoms with Crippen LogP contribution < -0.4 is 10.9 Å². The lowest BCUT2D eigenvalue weighted by molar-refractivity contribution is 0.0963. The molecule has 2 N–H and O–H groups in total. The monoisotopic (exact) mass is 396 g/mol. The molecule has 0 radical (unpaired) electrons. The van der Waals surface area contributed by atoms with Crippen molar-refractivity contribution >= 4 is 11.6 Å². The molecule has 0 saturated carbocycles. The minimum atomic E-state index is -0.230. The number of hydrogen-bond donors (Lipinski definition) is 2. The van der Waals surface area contributed by atoms with Crippen LogP contribution in [0.1, 0.15) is 27.0 Å². The third-order valence-electron chi connectivity index (χ3n) is 5.07. The Kier molecular flexibility index (Phi) is 5.61. The van der Waals surface area contributed by atoms with Gasteiger partial charge in [0.15, 0.2) is 0 Å². The smallest absolute Gasteiger partial charge is 0.273 e. The first-order chi connectivity index (χ1) is 14.6. The average molecular weight is 396 g/mol. The molecule has 0 bridgehead atoms. The second kappa shape index (κ2) is 8.66. The molecule has 0 atom stereocenters.